The molecule has 1 atom stereocenters. The lowest BCUT2D eigenvalue weighted by atomic mass is 10.2. The SMILES string of the molecule is CN(C(=O)c1cnc(N2CCN(C=O)CC2)nc1)C1CCS(=O)(=O)C1. The van der Waals surface area contributed by atoms with Gasteiger partial charge in [0.25, 0.3) is 5.91 Å². The van der Waals surface area contributed by atoms with Crippen molar-refractivity contribution in [1.29, 1.82) is 0 Å². The van der Waals surface area contributed by atoms with Gasteiger partial charge in [0.1, 0.15) is 0 Å². The van der Waals surface area contributed by atoms with E-state index < -0.39 is 9.84 Å². The summed E-state index contributed by atoms with van der Waals surface area (Å²) in [6.45, 7) is 2.52. The molecular weight excluding hydrogens is 346 g/mol. The molecular formula is C15H21N5O4S. The van der Waals surface area contributed by atoms with Gasteiger partial charge in [-0.25, -0.2) is 18.4 Å². The molecule has 2 fully saturated rings. The van der Waals surface area contributed by atoms with Crippen molar-refractivity contribution in [1.82, 2.24) is 19.8 Å². The summed E-state index contributed by atoms with van der Waals surface area (Å²) < 4.78 is 23.2. The Labute approximate surface area is 146 Å². The predicted molar refractivity (Wildman–Crippen MR) is 91.0 cm³/mol. The van der Waals surface area contributed by atoms with Gasteiger partial charge in [0.05, 0.1) is 17.1 Å². The fourth-order valence-electron chi connectivity index (χ4n) is 3.07. The topological polar surface area (TPSA) is 104 Å². The fourth-order valence-corrected chi connectivity index (χ4v) is 4.85. The molecule has 0 N–H and O–H groups in total. The summed E-state index contributed by atoms with van der Waals surface area (Å²) in [5, 5.41) is 0. The molecule has 0 spiro atoms. The van der Waals surface area contributed by atoms with Crippen LogP contribution in [0.1, 0.15) is 16.8 Å². The maximum Gasteiger partial charge on any atom is 0.257 e. The van der Waals surface area contributed by atoms with Crippen LogP contribution >= 0.6 is 0 Å². The first kappa shape index (κ1) is 17.6. The highest BCUT2D eigenvalue weighted by Gasteiger charge is 2.33. The number of hydrogen-bond acceptors (Lipinski definition) is 7. The van der Waals surface area contributed by atoms with E-state index in [-0.39, 0.29) is 23.5 Å². The molecule has 1 aromatic heterocycles. The van der Waals surface area contributed by atoms with Crippen molar-refractivity contribution < 1.29 is 18.0 Å². The molecule has 10 heteroatoms. The molecule has 9 nitrogen and oxygen atoms in total. The molecule has 3 rings (SSSR count). The van der Waals surface area contributed by atoms with Crippen LogP contribution in [0.5, 0.6) is 0 Å². The zero-order valence-corrected chi connectivity index (χ0v) is 14.9. The largest absolute Gasteiger partial charge is 0.342 e. The summed E-state index contributed by atoms with van der Waals surface area (Å²) in [4.78, 5) is 36.9. The van der Waals surface area contributed by atoms with Gasteiger partial charge in [-0.1, -0.05) is 0 Å². The molecule has 3 heterocycles. The normalized spacial score (nSPS) is 22.7. The summed E-state index contributed by atoms with van der Waals surface area (Å²) in [5.74, 6) is 0.375. The van der Waals surface area contributed by atoms with E-state index in [1.54, 1.807) is 11.9 Å². The highest BCUT2D eigenvalue weighted by molar-refractivity contribution is 7.91. The number of anilines is 1. The van der Waals surface area contributed by atoms with Crippen LogP contribution in [0.2, 0.25) is 0 Å². The predicted octanol–water partition coefficient (Wildman–Crippen LogP) is -0.986. The highest BCUT2D eigenvalue weighted by atomic mass is 32.2. The standard InChI is InChI=1S/C15H21N5O4S/c1-18(13-2-7-25(23,24)10-13)14(22)12-8-16-15(17-9-12)20-5-3-19(11-21)4-6-20/h8-9,11,13H,2-7,10H2,1H3. The van der Waals surface area contributed by atoms with E-state index in [1.165, 1.54) is 17.3 Å². The molecule has 0 aliphatic carbocycles. The summed E-state index contributed by atoms with van der Waals surface area (Å²) >= 11 is 0. The summed E-state index contributed by atoms with van der Waals surface area (Å²) in [6.07, 6.45) is 4.23. The second kappa shape index (κ2) is 6.95. The van der Waals surface area contributed by atoms with Crippen molar-refractivity contribution in [2.45, 2.75) is 12.5 Å². The molecule has 0 bridgehead atoms. The van der Waals surface area contributed by atoms with Crippen LogP contribution in [0.3, 0.4) is 0 Å². The first-order valence-corrected chi connectivity index (χ1v) is 9.96. The maximum atomic E-state index is 12.5. The maximum absolute atomic E-state index is 12.5. The average molecular weight is 367 g/mol. The smallest absolute Gasteiger partial charge is 0.257 e. The molecule has 0 radical (unpaired) electrons. The molecule has 1 unspecified atom stereocenters. The van der Waals surface area contributed by atoms with Crippen molar-refractivity contribution in [3.8, 4) is 0 Å². The third kappa shape index (κ3) is 3.89. The number of hydrogen-bond donors (Lipinski definition) is 0. The first-order valence-electron chi connectivity index (χ1n) is 8.13. The molecule has 2 saturated heterocycles. The van der Waals surface area contributed by atoms with Crippen LogP contribution in [0, 0.1) is 0 Å². The van der Waals surface area contributed by atoms with Gasteiger partial charge in [0.2, 0.25) is 12.4 Å². The Balaban J connectivity index is 1.64. The lowest BCUT2D eigenvalue weighted by Crippen LogP contribution is -2.46. The minimum Gasteiger partial charge on any atom is -0.342 e. The molecule has 0 saturated carbocycles. The monoisotopic (exact) mass is 367 g/mol. The number of aromatic nitrogens is 2. The Hall–Kier alpha value is -2.23. The van der Waals surface area contributed by atoms with Crippen LogP contribution in [0.25, 0.3) is 0 Å². The van der Waals surface area contributed by atoms with E-state index in [2.05, 4.69) is 9.97 Å². The third-order valence-corrected chi connectivity index (χ3v) is 6.46. The number of carbonyl (C=O) groups excluding carboxylic acids is 2. The molecule has 0 aromatic carbocycles. The average Bonchev–Trinajstić information content (AvgIpc) is 3.00. The van der Waals surface area contributed by atoms with Gasteiger partial charge < -0.3 is 14.7 Å². The fraction of sp³-hybridized carbons (Fsp3) is 0.600. The van der Waals surface area contributed by atoms with Crippen LogP contribution in [-0.2, 0) is 14.6 Å². The van der Waals surface area contributed by atoms with Gasteiger partial charge in [0, 0.05) is 51.7 Å². The van der Waals surface area contributed by atoms with E-state index in [9.17, 15) is 18.0 Å². The number of nitrogens with zero attached hydrogens (tertiary/aromatic N) is 5. The van der Waals surface area contributed by atoms with Gasteiger partial charge in [0.15, 0.2) is 9.84 Å². The number of amides is 2. The molecule has 136 valence electrons. The van der Waals surface area contributed by atoms with Crippen molar-refractivity contribution in [2.24, 2.45) is 0 Å². The molecule has 25 heavy (non-hydrogen) atoms. The zero-order chi connectivity index (χ0) is 18.0. The summed E-state index contributed by atoms with van der Waals surface area (Å²) in [6, 6.07) is -0.298. The Bertz CT molecular complexity index is 744. The Morgan fingerprint density at radius 1 is 1.24 bits per heavy atom. The van der Waals surface area contributed by atoms with Gasteiger partial charge in [-0.3, -0.25) is 9.59 Å². The van der Waals surface area contributed by atoms with E-state index in [0.29, 0.717) is 44.1 Å². The number of sulfone groups is 1. The Kier molecular flexibility index (Phi) is 4.89. The first-order chi connectivity index (χ1) is 11.9. The van der Waals surface area contributed by atoms with Crippen LogP contribution in [-0.4, -0.2) is 91.3 Å². The second-order valence-corrected chi connectivity index (χ2v) is 8.60. The third-order valence-electron chi connectivity index (χ3n) is 4.71. The summed E-state index contributed by atoms with van der Waals surface area (Å²) in [7, 11) is -1.43. The molecule has 1 aromatic rings. The van der Waals surface area contributed by atoms with Crippen molar-refractivity contribution in [3.05, 3.63) is 18.0 Å². The Morgan fingerprint density at radius 2 is 1.88 bits per heavy atom. The van der Waals surface area contributed by atoms with Crippen LogP contribution in [0.15, 0.2) is 12.4 Å². The second-order valence-electron chi connectivity index (χ2n) is 6.37. The highest BCUT2D eigenvalue weighted by Crippen LogP contribution is 2.18. The van der Waals surface area contributed by atoms with Gasteiger partial charge >= 0.3 is 0 Å². The quantitative estimate of drug-likeness (QED) is 0.630. The minimum atomic E-state index is -3.04. The van der Waals surface area contributed by atoms with E-state index in [4.69, 9.17) is 0 Å². The Morgan fingerprint density at radius 3 is 2.40 bits per heavy atom. The van der Waals surface area contributed by atoms with Crippen molar-refractivity contribution >= 4 is 28.1 Å². The van der Waals surface area contributed by atoms with E-state index >= 15 is 0 Å². The van der Waals surface area contributed by atoms with Crippen molar-refractivity contribution in [3.63, 3.8) is 0 Å². The molecule has 2 aliphatic heterocycles. The van der Waals surface area contributed by atoms with E-state index in [0.717, 1.165) is 6.41 Å². The zero-order valence-electron chi connectivity index (χ0n) is 14.0. The number of rotatable bonds is 4. The van der Waals surface area contributed by atoms with Gasteiger partial charge in [-0.05, 0) is 6.42 Å². The van der Waals surface area contributed by atoms with Crippen LogP contribution < -0.4 is 4.90 Å². The van der Waals surface area contributed by atoms with Gasteiger partial charge in [-0.2, -0.15) is 0 Å². The van der Waals surface area contributed by atoms with E-state index in [1.807, 2.05) is 4.90 Å². The molecule has 2 aliphatic rings. The number of carbonyl (C=O) groups is 2. The molecule has 2 amide bonds. The summed E-state index contributed by atoms with van der Waals surface area (Å²) in [5.41, 5.74) is 0.335. The number of piperazine rings is 1. The minimum absolute atomic E-state index is 0.00912. The van der Waals surface area contributed by atoms with Crippen LogP contribution in [0.4, 0.5) is 5.95 Å². The lowest BCUT2D eigenvalue weighted by Gasteiger charge is -2.32. The van der Waals surface area contributed by atoms with Gasteiger partial charge in [-0.15, -0.1) is 0 Å². The lowest BCUT2D eigenvalue weighted by molar-refractivity contribution is -0.118. The van der Waals surface area contributed by atoms with Crippen molar-refractivity contribution in [2.75, 3.05) is 49.6 Å².